The van der Waals surface area contributed by atoms with Gasteiger partial charge in [-0.05, 0) is 26.8 Å². The molecule has 0 aromatic heterocycles. The fourth-order valence-corrected chi connectivity index (χ4v) is 0.343. The molecule has 4 nitrogen and oxygen atoms in total. The molecule has 0 bridgehead atoms. The first kappa shape index (κ1) is 14.9. The van der Waals surface area contributed by atoms with Crippen LogP contribution in [0.15, 0.2) is 25.3 Å². The van der Waals surface area contributed by atoms with Gasteiger partial charge in [-0.1, -0.05) is 13.2 Å². The fourth-order valence-electron chi connectivity index (χ4n) is 0.343. The quantitative estimate of drug-likeness (QED) is 0.536. The maximum atomic E-state index is 10.5. The summed E-state index contributed by atoms with van der Waals surface area (Å²) in [5.41, 5.74) is 4.14. The first-order valence-electron chi connectivity index (χ1n) is 4.00. The van der Waals surface area contributed by atoms with Crippen molar-refractivity contribution in [3.63, 3.8) is 0 Å². The second kappa shape index (κ2) is 6.88. The molecular formula is C10H17NO3. The predicted molar refractivity (Wildman–Crippen MR) is 55.4 cm³/mol. The number of carbonyl (C=O) groups excluding carboxylic acids is 2. The lowest BCUT2D eigenvalue weighted by molar-refractivity contribution is -0.148. The van der Waals surface area contributed by atoms with E-state index in [0.29, 0.717) is 0 Å². The Hall–Kier alpha value is -1.58. The van der Waals surface area contributed by atoms with E-state index in [2.05, 4.69) is 18.9 Å². The molecule has 1 amide bonds. The molecule has 0 spiro atoms. The first-order chi connectivity index (χ1) is 6.22. The molecule has 0 aliphatic carbocycles. The molecule has 0 saturated carbocycles. The average molecular weight is 199 g/mol. The molecule has 0 unspecified atom stereocenters. The van der Waals surface area contributed by atoms with E-state index >= 15 is 0 Å². The highest BCUT2D eigenvalue weighted by Crippen LogP contribution is 2.06. The molecule has 0 aromatic rings. The van der Waals surface area contributed by atoms with Crippen molar-refractivity contribution in [3.05, 3.63) is 25.3 Å². The van der Waals surface area contributed by atoms with E-state index < -0.39 is 11.5 Å². The molecule has 4 heteroatoms. The molecule has 0 rings (SSSR count). The van der Waals surface area contributed by atoms with E-state index in [1.165, 1.54) is 0 Å². The number of esters is 1. The van der Waals surface area contributed by atoms with Gasteiger partial charge in [0, 0.05) is 6.08 Å². The van der Waals surface area contributed by atoms with Crippen LogP contribution in [0.4, 0.5) is 0 Å². The third-order valence-corrected chi connectivity index (χ3v) is 0.775. The summed E-state index contributed by atoms with van der Waals surface area (Å²) >= 11 is 0. The lowest BCUT2D eigenvalue weighted by Crippen LogP contribution is -2.22. The van der Waals surface area contributed by atoms with Gasteiger partial charge in [-0.2, -0.15) is 0 Å². The molecule has 0 aromatic carbocycles. The highest BCUT2D eigenvalue weighted by Gasteiger charge is 2.12. The normalized spacial score (nSPS) is 9.07. The molecule has 0 fully saturated rings. The maximum Gasteiger partial charge on any atom is 0.330 e. The second-order valence-electron chi connectivity index (χ2n) is 3.34. The van der Waals surface area contributed by atoms with Crippen molar-refractivity contribution >= 4 is 11.9 Å². The Morgan fingerprint density at radius 3 is 1.64 bits per heavy atom. The third-order valence-electron chi connectivity index (χ3n) is 0.775. The number of hydrogen-bond donors (Lipinski definition) is 1. The highest BCUT2D eigenvalue weighted by molar-refractivity contribution is 5.85. The van der Waals surface area contributed by atoms with Crippen LogP contribution >= 0.6 is 0 Å². The van der Waals surface area contributed by atoms with Crippen molar-refractivity contribution in [1.82, 2.24) is 0 Å². The number of primary amides is 1. The Kier molecular flexibility index (Phi) is 7.34. The summed E-state index contributed by atoms with van der Waals surface area (Å²) in [5, 5.41) is 0. The van der Waals surface area contributed by atoms with Gasteiger partial charge in [-0.25, -0.2) is 4.79 Å². The Bertz CT molecular complexity index is 226. The van der Waals surface area contributed by atoms with Crippen molar-refractivity contribution in [2.45, 2.75) is 26.4 Å². The number of hydrogen-bond acceptors (Lipinski definition) is 3. The van der Waals surface area contributed by atoms with E-state index in [0.717, 1.165) is 12.2 Å². The van der Waals surface area contributed by atoms with Gasteiger partial charge in [0.05, 0.1) is 0 Å². The number of carbonyl (C=O) groups is 2. The summed E-state index contributed by atoms with van der Waals surface area (Å²) in [7, 11) is 0. The lowest BCUT2D eigenvalue weighted by atomic mass is 10.2. The zero-order valence-electron chi connectivity index (χ0n) is 8.87. The van der Waals surface area contributed by atoms with Crippen LogP contribution in [-0.2, 0) is 14.3 Å². The van der Waals surface area contributed by atoms with Crippen LogP contribution in [0.5, 0.6) is 0 Å². The Labute approximate surface area is 84.4 Å². The SMILES string of the molecule is C=CC(=O)OC(C)(C)C.C=CC(N)=O. The van der Waals surface area contributed by atoms with E-state index in [1.54, 1.807) is 0 Å². The van der Waals surface area contributed by atoms with Gasteiger partial charge in [0.1, 0.15) is 5.60 Å². The summed E-state index contributed by atoms with van der Waals surface area (Å²) in [6.45, 7) is 11.8. The molecule has 80 valence electrons. The summed E-state index contributed by atoms with van der Waals surface area (Å²) in [6.07, 6.45) is 2.21. The van der Waals surface area contributed by atoms with Crippen LogP contribution in [0, 0.1) is 0 Å². The van der Waals surface area contributed by atoms with Crippen molar-refractivity contribution in [3.8, 4) is 0 Å². The number of nitrogens with two attached hydrogens (primary N) is 1. The molecule has 0 aliphatic heterocycles. The minimum atomic E-state index is -0.481. The van der Waals surface area contributed by atoms with Gasteiger partial charge >= 0.3 is 5.97 Å². The second-order valence-corrected chi connectivity index (χ2v) is 3.34. The zero-order valence-corrected chi connectivity index (χ0v) is 8.87. The van der Waals surface area contributed by atoms with E-state index in [-0.39, 0.29) is 5.97 Å². The van der Waals surface area contributed by atoms with Gasteiger partial charge in [0.15, 0.2) is 0 Å². The summed E-state index contributed by atoms with van der Waals surface area (Å²) in [6, 6.07) is 0. The summed E-state index contributed by atoms with van der Waals surface area (Å²) in [5.74, 6) is -0.854. The Balaban J connectivity index is 0. The fraction of sp³-hybridized carbons (Fsp3) is 0.400. The van der Waals surface area contributed by atoms with Crippen molar-refractivity contribution in [1.29, 1.82) is 0 Å². The molecular weight excluding hydrogens is 182 g/mol. The molecule has 14 heavy (non-hydrogen) atoms. The Morgan fingerprint density at radius 1 is 1.21 bits per heavy atom. The number of amides is 1. The van der Waals surface area contributed by atoms with Crippen LogP contribution in [0.2, 0.25) is 0 Å². The molecule has 0 saturated heterocycles. The van der Waals surface area contributed by atoms with E-state index in [1.807, 2.05) is 20.8 Å². The standard InChI is InChI=1S/C7H12O2.C3H5NO/c1-5-6(8)9-7(2,3)4;1-2-3(4)5/h5H,1H2,2-4H3;2H,1H2,(H2,4,5). The van der Waals surface area contributed by atoms with Crippen molar-refractivity contribution in [2.75, 3.05) is 0 Å². The van der Waals surface area contributed by atoms with Gasteiger partial charge < -0.3 is 10.5 Å². The van der Waals surface area contributed by atoms with Gasteiger partial charge in [-0.15, -0.1) is 0 Å². The monoisotopic (exact) mass is 199 g/mol. The van der Waals surface area contributed by atoms with Crippen LogP contribution < -0.4 is 5.73 Å². The number of ether oxygens (including phenoxy) is 1. The minimum absolute atomic E-state index is 0.373. The molecule has 0 atom stereocenters. The third kappa shape index (κ3) is 16.8. The summed E-state index contributed by atoms with van der Waals surface area (Å²) < 4.78 is 4.83. The van der Waals surface area contributed by atoms with Crippen LogP contribution in [0.1, 0.15) is 20.8 Å². The van der Waals surface area contributed by atoms with Crippen molar-refractivity contribution in [2.24, 2.45) is 5.73 Å². The highest BCUT2D eigenvalue weighted by atomic mass is 16.6. The van der Waals surface area contributed by atoms with Gasteiger partial charge in [0.2, 0.25) is 5.91 Å². The van der Waals surface area contributed by atoms with Gasteiger partial charge in [-0.3, -0.25) is 4.79 Å². The van der Waals surface area contributed by atoms with Crippen LogP contribution in [0.3, 0.4) is 0 Å². The Morgan fingerprint density at radius 2 is 1.57 bits per heavy atom. The van der Waals surface area contributed by atoms with Gasteiger partial charge in [0.25, 0.3) is 0 Å². The maximum absolute atomic E-state index is 10.5. The van der Waals surface area contributed by atoms with E-state index in [9.17, 15) is 9.59 Å². The first-order valence-corrected chi connectivity index (χ1v) is 4.00. The molecule has 0 heterocycles. The van der Waals surface area contributed by atoms with Crippen LogP contribution in [-0.4, -0.2) is 17.5 Å². The number of rotatable bonds is 2. The van der Waals surface area contributed by atoms with E-state index in [4.69, 9.17) is 4.74 Å². The summed E-state index contributed by atoms with van der Waals surface area (Å²) in [4.78, 5) is 20.0. The topological polar surface area (TPSA) is 69.4 Å². The molecule has 0 radical (unpaired) electrons. The largest absolute Gasteiger partial charge is 0.457 e. The van der Waals surface area contributed by atoms with Crippen molar-refractivity contribution < 1.29 is 14.3 Å². The zero-order chi connectivity index (χ0) is 11.8. The smallest absolute Gasteiger partial charge is 0.330 e. The molecule has 2 N–H and O–H groups in total. The minimum Gasteiger partial charge on any atom is -0.457 e. The molecule has 0 aliphatic rings. The predicted octanol–water partition coefficient (Wildman–Crippen LogP) is 1.17. The van der Waals surface area contributed by atoms with Crippen LogP contribution in [0.25, 0.3) is 0 Å². The lowest BCUT2D eigenvalue weighted by Gasteiger charge is -2.17. The average Bonchev–Trinajstić information content (AvgIpc) is 2.02.